The highest BCUT2D eigenvalue weighted by Crippen LogP contribution is 2.47. The Morgan fingerprint density at radius 2 is 0.938 bits per heavy atom. The van der Waals surface area contributed by atoms with Crippen molar-refractivity contribution >= 4 is 40.2 Å². The van der Waals surface area contributed by atoms with Crippen molar-refractivity contribution in [2.24, 2.45) is 0 Å². The molecule has 11 heteroatoms. The number of hydrogen-bond acceptors (Lipinski definition) is 7. The summed E-state index contributed by atoms with van der Waals surface area (Å²) in [6.07, 6.45) is 0. The molecular weight excluding hydrogens is 612 g/mol. The average molecular weight is 655 g/mol. The van der Waals surface area contributed by atoms with Crippen LogP contribution >= 0.6 is 0 Å². The van der Waals surface area contributed by atoms with Crippen molar-refractivity contribution in [3.63, 3.8) is 0 Å². The number of anilines is 4. The second kappa shape index (κ2) is 13.3. The Bertz CT molecular complexity index is 1760. The Kier molecular flexibility index (Phi) is 9.84. The van der Waals surface area contributed by atoms with Gasteiger partial charge < -0.3 is 9.47 Å². The maximum Gasteiger partial charge on any atom is 0.338 e. The first-order valence-electron chi connectivity index (χ1n) is 15.4. The van der Waals surface area contributed by atoms with Gasteiger partial charge in [-0.3, -0.25) is 25.1 Å². The molecule has 4 aromatic carbocycles. The zero-order valence-electron chi connectivity index (χ0n) is 29.1. The molecule has 4 rings (SSSR count). The zero-order valence-corrected chi connectivity index (χ0v) is 29.1. The van der Waals surface area contributed by atoms with E-state index in [9.17, 15) is 20.2 Å². The number of nitro benzene ring substituents is 2. The van der Waals surface area contributed by atoms with Crippen LogP contribution in [0.25, 0.3) is 0 Å². The van der Waals surface area contributed by atoms with Crippen LogP contribution in [0.5, 0.6) is 11.5 Å². The minimum Gasteiger partial charge on any atom is -0.495 e. The second-order valence-corrected chi connectivity index (χ2v) is 13.7. The largest absolute Gasteiger partial charge is 0.495 e. The number of carbonyl (C=O) groups is 1. The Balaban J connectivity index is 2.22. The number of nitrogens with zero attached hydrogens (tertiary/aromatic N) is 4. The first-order valence-corrected chi connectivity index (χ1v) is 15.4. The highest BCUT2D eigenvalue weighted by Gasteiger charge is 2.38. The van der Waals surface area contributed by atoms with Crippen LogP contribution < -0.4 is 19.3 Å². The summed E-state index contributed by atoms with van der Waals surface area (Å²) in [6, 6.07) is 18.9. The number of rotatable bonds is 8. The molecule has 252 valence electrons. The molecule has 0 N–H and O–H groups in total. The van der Waals surface area contributed by atoms with E-state index in [2.05, 4.69) is 0 Å². The van der Waals surface area contributed by atoms with Gasteiger partial charge >= 0.3 is 6.03 Å². The Hall–Kier alpha value is -5.45. The lowest BCUT2D eigenvalue weighted by Crippen LogP contribution is -2.39. The van der Waals surface area contributed by atoms with Crippen LogP contribution in [0, 0.1) is 34.1 Å². The lowest BCUT2D eigenvalue weighted by molar-refractivity contribution is -0.384. The fourth-order valence-corrected chi connectivity index (χ4v) is 5.37. The number of amides is 2. The van der Waals surface area contributed by atoms with Gasteiger partial charge in [0, 0.05) is 12.1 Å². The molecule has 0 unspecified atom stereocenters. The number of hydrogen-bond donors (Lipinski definition) is 0. The van der Waals surface area contributed by atoms with Gasteiger partial charge in [0.25, 0.3) is 11.4 Å². The molecule has 0 aliphatic heterocycles. The molecular formula is C37H42N4O7. The quantitative estimate of drug-likeness (QED) is 0.137. The molecule has 0 saturated carbocycles. The molecule has 2 amide bonds. The molecule has 0 heterocycles. The Morgan fingerprint density at radius 3 is 1.25 bits per heavy atom. The van der Waals surface area contributed by atoms with E-state index in [-0.39, 0.29) is 22.2 Å². The highest BCUT2D eigenvalue weighted by molar-refractivity contribution is 6.16. The van der Waals surface area contributed by atoms with E-state index in [4.69, 9.17) is 9.47 Å². The zero-order chi connectivity index (χ0) is 35.7. The monoisotopic (exact) mass is 654 g/mol. The van der Waals surface area contributed by atoms with E-state index < -0.39 is 27.3 Å². The number of aryl methyl sites for hydroxylation is 2. The lowest BCUT2D eigenvalue weighted by atomic mass is 9.86. The van der Waals surface area contributed by atoms with E-state index in [0.29, 0.717) is 34.0 Å². The minimum absolute atomic E-state index is 0.149. The fraction of sp³-hybridized carbons (Fsp3) is 0.324. The summed E-state index contributed by atoms with van der Waals surface area (Å²) >= 11 is 0. The maximum atomic E-state index is 15.5. The van der Waals surface area contributed by atoms with E-state index in [1.165, 1.54) is 43.4 Å². The Labute approximate surface area is 281 Å². The standard InChI is InChI=1S/C37H42N4O7/c1-23-11-15-27(29(19-23)40(43)44)38(28-16-12-24(2)20-30(28)41(45)46)35(42)39(31-21-25(36(3,4)5)13-17-33(31)47-9)32-22-26(37(6,7)8)14-18-34(32)48-10/h11-22H,1-10H3. The van der Waals surface area contributed by atoms with E-state index in [1.807, 2.05) is 65.8 Å². The molecule has 48 heavy (non-hydrogen) atoms. The van der Waals surface area contributed by atoms with Gasteiger partial charge in [0.2, 0.25) is 0 Å². The van der Waals surface area contributed by atoms with Crippen molar-refractivity contribution in [2.75, 3.05) is 24.0 Å². The van der Waals surface area contributed by atoms with Gasteiger partial charge in [-0.05, 0) is 83.3 Å². The van der Waals surface area contributed by atoms with Crippen molar-refractivity contribution in [2.45, 2.75) is 66.2 Å². The lowest BCUT2D eigenvalue weighted by Gasteiger charge is -2.34. The minimum atomic E-state index is -0.831. The molecule has 0 radical (unpaired) electrons. The molecule has 0 aromatic heterocycles. The predicted octanol–water partition coefficient (Wildman–Crippen LogP) is 9.83. The third-order valence-corrected chi connectivity index (χ3v) is 8.09. The van der Waals surface area contributed by atoms with E-state index >= 15 is 4.79 Å². The van der Waals surface area contributed by atoms with Gasteiger partial charge in [-0.15, -0.1) is 0 Å². The topological polar surface area (TPSA) is 128 Å². The first kappa shape index (κ1) is 35.4. The van der Waals surface area contributed by atoms with Crippen LogP contribution in [0.4, 0.5) is 38.9 Å². The van der Waals surface area contributed by atoms with Crippen molar-refractivity contribution in [1.29, 1.82) is 0 Å². The third-order valence-electron chi connectivity index (χ3n) is 8.09. The molecule has 0 spiro atoms. The van der Waals surface area contributed by atoms with Gasteiger partial charge in [0.05, 0.1) is 35.4 Å². The van der Waals surface area contributed by atoms with Crippen LogP contribution in [0.3, 0.4) is 0 Å². The SMILES string of the molecule is COc1ccc(C(C)(C)C)cc1N(C(=O)N(c1ccc(C)cc1[N+](=O)[O-])c1ccc(C)cc1[N+](=O)[O-])c1cc(C(C)(C)C)ccc1OC. The molecule has 0 atom stereocenters. The van der Waals surface area contributed by atoms with Gasteiger partial charge in [-0.2, -0.15) is 0 Å². The van der Waals surface area contributed by atoms with Crippen molar-refractivity contribution in [3.05, 3.63) is 115 Å². The first-order chi connectivity index (χ1) is 22.4. The maximum absolute atomic E-state index is 15.5. The van der Waals surface area contributed by atoms with E-state index in [1.54, 1.807) is 38.1 Å². The molecule has 0 bridgehead atoms. The summed E-state index contributed by atoms with van der Waals surface area (Å²) < 4.78 is 11.6. The summed E-state index contributed by atoms with van der Waals surface area (Å²) in [7, 11) is 2.96. The molecule has 4 aromatic rings. The number of benzene rings is 4. The average Bonchev–Trinajstić information content (AvgIpc) is 3.01. The van der Waals surface area contributed by atoms with Crippen molar-refractivity contribution < 1.29 is 24.1 Å². The summed E-state index contributed by atoms with van der Waals surface area (Å²) in [6.45, 7) is 15.6. The van der Waals surface area contributed by atoms with E-state index in [0.717, 1.165) is 16.0 Å². The van der Waals surface area contributed by atoms with Gasteiger partial charge in [0.1, 0.15) is 22.9 Å². The van der Waals surface area contributed by atoms with Gasteiger partial charge in [-0.1, -0.05) is 65.8 Å². The fourth-order valence-electron chi connectivity index (χ4n) is 5.37. The molecule has 11 nitrogen and oxygen atoms in total. The second-order valence-electron chi connectivity index (χ2n) is 13.7. The smallest absolute Gasteiger partial charge is 0.338 e. The van der Waals surface area contributed by atoms with Crippen LogP contribution in [-0.2, 0) is 10.8 Å². The molecule has 0 saturated heterocycles. The van der Waals surface area contributed by atoms with Crippen LogP contribution in [0.2, 0.25) is 0 Å². The normalized spacial score (nSPS) is 11.5. The Morgan fingerprint density at radius 1 is 0.583 bits per heavy atom. The molecule has 0 fully saturated rings. The van der Waals surface area contributed by atoms with Crippen LogP contribution in [0.15, 0.2) is 72.8 Å². The summed E-state index contributed by atoms with van der Waals surface area (Å²) in [5, 5.41) is 25.0. The summed E-state index contributed by atoms with van der Waals surface area (Å²) in [5.74, 6) is 0.660. The van der Waals surface area contributed by atoms with Crippen molar-refractivity contribution in [1.82, 2.24) is 0 Å². The van der Waals surface area contributed by atoms with Crippen molar-refractivity contribution in [3.8, 4) is 11.5 Å². The number of methoxy groups -OCH3 is 2. The summed E-state index contributed by atoms with van der Waals surface area (Å²) in [5.41, 5.74) is 1.73. The van der Waals surface area contributed by atoms with Crippen LogP contribution in [0.1, 0.15) is 63.8 Å². The number of carbonyl (C=O) groups excluding carboxylic acids is 1. The predicted molar refractivity (Wildman–Crippen MR) is 189 cm³/mol. The highest BCUT2D eigenvalue weighted by atomic mass is 16.6. The van der Waals surface area contributed by atoms with Gasteiger partial charge in [0.15, 0.2) is 0 Å². The third kappa shape index (κ3) is 7.10. The van der Waals surface area contributed by atoms with Gasteiger partial charge in [-0.25, -0.2) is 9.69 Å². The number of nitro groups is 2. The molecule has 0 aliphatic rings. The summed E-state index contributed by atoms with van der Waals surface area (Å²) in [4.78, 5) is 41.7. The number of ether oxygens (including phenoxy) is 2. The molecule has 0 aliphatic carbocycles. The van der Waals surface area contributed by atoms with Crippen LogP contribution in [-0.4, -0.2) is 30.1 Å². The number of urea groups is 1.